The van der Waals surface area contributed by atoms with Gasteiger partial charge in [0.1, 0.15) is 6.04 Å². The van der Waals surface area contributed by atoms with E-state index in [2.05, 4.69) is 12.2 Å². The van der Waals surface area contributed by atoms with Crippen LogP contribution >= 0.6 is 0 Å². The number of ether oxygens (including phenoxy) is 1. The number of hydrogen-bond donors (Lipinski definition) is 2. The summed E-state index contributed by atoms with van der Waals surface area (Å²) in [6, 6.07) is 15.3. The lowest BCUT2D eigenvalue weighted by Crippen LogP contribution is -2.86. The van der Waals surface area contributed by atoms with Crippen LogP contribution in [0, 0.1) is 6.92 Å². The first-order valence-electron chi connectivity index (χ1n) is 7.88. The highest BCUT2D eigenvalue weighted by Gasteiger charge is 2.13. The molecular formula is C19H23N2O3+. The molecule has 0 saturated heterocycles. The number of nitrogens with one attached hydrogen (secondary N) is 1. The van der Waals surface area contributed by atoms with Gasteiger partial charge < -0.3 is 15.4 Å². The van der Waals surface area contributed by atoms with Gasteiger partial charge in [-0.05, 0) is 31.5 Å². The Balaban J connectivity index is 1.96. The zero-order valence-corrected chi connectivity index (χ0v) is 14.2. The molecule has 0 aliphatic heterocycles. The second-order valence-corrected chi connectivity index (χ2v) is 5.71. The smallest absolute Gasteiger partial charge is 0.337 e. The third-order valence-electron chi connectivity index (χ3n) is 3.91. The number of benzene rings is 2. The zero-order chi connectivity index (χ0) is 17.5. The van der Waals surface area contributed by atoms with Crippen molar-refractivity contribution >= 4 is 17.6 Å². The Morgan fingerprint density at radius 3 is 2.54 bits per heavy atom. The summed E-state index contributed by atoms with van der Waals surface area (Å²) < 4.78 is 4.71. The Bertz CT molecular complexity index is 714. The van der Waals surface area contributed by atoms with Crippen molar-refractivity contribution in [2.45, 2.75) is 19.9 Å². The summed E-state index contributed by atoms with van der Waals surface area (Å²) in [5, 5.41) is 4.83. The van der Waals surface area contributed by atoms with Crippen LogP contribution in [0.5, 0.6) is 0 Å². The van der Waals surface area contributed by atoms with Gasteiger partial charge in [0.2, 0.25) is 0 Å². The molecule has 5 heteroatoms. The molecule has 0 fully saturated rings. The van der Waals surface area contributed by atoms with Gasteiger partial charge in [0.05, 0.1) is 12.7 Å². The number of esters is 1. The van der Waals surface area contributed by atoms with E-state index in [0.29, 0.717) is 17.8 Å². The van der Waals surface area contributed by atoms with Gasteiger partial charge in [0.25, 0.3) is 5.91 Å². The summed E-state index contributed by atoms with van der Waals surface area (Å²) in [6.07, 6.45) is 0. The summed E-state index contributed by atoms with van der Waals surface area (Å²) in [5.41, 5.74) is 3.12. The average Bonchev–Trinajstić information content (AvgIpc) is 2.61. The Labute approximate surface area is 142 Å². The molecule has 5 nitrogen and oxygen atoms in total. The van der Waals surface area contributed by atoms with Crippen molar-refractivity contribution < 1.29 is 19.6 Å². The van der Waals surface area contributed by atoms with Crippen molar-refractivity contribution in [2.75, 3.05) is 19.0 Å². The van der Waals surface area contributed by atoms with Crippen LogP contribution in [0.1, 0.15) is 34.5 Å². The quantitative estimate of drug-likeness (QED) is 0.798. The van der Waals surface area contributed by atoms with Crippen LogP contribution in [-0.4, -0.2) is 25.5 Å². The number of carbonyl (C=O) groups is 2. The molecule has 0 aliphatic carbocycles. The summed E-state index contributed by atoms with van der Waals surface area (Å²) in [4.78, 5) is 23.8. The second kappa shape index (κ2) is 8.26. The molecule has 24 heavy (non-hydrogen) atoms. The SMILES string of the molecule is COC(=O)c1ccc(C)c(NC(=O)C[NH2+][C@H](C)c2ccccc2)c1. The summed E-state index contributed by atoms with van der Waals surface area (Å²) in [7, 11) is 1.33. The van der Waals surface area contributed by atoms with Gasteiger partial charge in [0, 0.05) is 11.3 Å². The number of aryl methyl sites for hydroxylation is 1. The lowest BCUT2D eigenvalue weighted by Gasteiger charge is -2.12. The van der Waals surface area contributed by atoms with Crippen molar-refractivity contribution in [3.05, 3.63) is 65.2 Å². The number of anilines is 1. The Morgan fingerprint density at radius 1 is 1.17 bits per heavy atom. The van der Waals surface area contributed by atoms with E-state index < -0.39 is 5.97 Å². The largest absolute Gasteiger partial charge is 0.465 e. The molecule has 0 bridgehead atoms. The minimum Gasteiger partial charge on any atom is -0.465 e. The molecule has 0 spiro atoms. The molecule has 3 N–H and O–H groups in total. The van der Waals surface area contributed by atoms with Gasteiger partial charge in [-0.15, -0.1) is 0 Å². The first-order valence-corrected chi connectivity index (χ1v) is 7.88. The van der Waals surface area contributed by atoms with E-state index in [9.17, 15) is 9.59 Å². The minimum atomic E-state index is -0.422. The Morgan fingerprint density at radius 2 is 1.88 bits per heavy atom. The van der Waals surface area contributed by atoms with Crippen LogP contribution < -0.4 is 10.6 Å². The van der Waals surface area contributed by atoms with Crippen LogP contribution in [0.25, 0.3) is 0 Å². The predicted octanol–water partition coefficient (Wildman–Crippen LogP) is 2.04. The molecule has 0 saturated carbocycles. The lowest BCUT2D eigenvalue weighted by atomic mass is 10.1. The van der Waals surface area contributed by atoms with Crippen molar-refractivity contribution in [3.63, 3.8) is 0 Å². The van der Waals surface area contributed by atoms with Crippen molar-refractivity contribution in [2.24, 2.45) is 0 Å². The normalized spacial score (nSPS) is 11.6. The van der Waals surface area contributed by atoms with E-state index in [1.807, 2.05) is 42.6 Å². The second-order valence-electron chi connectivity index (χ2n) is 5.71. The van der Waals surface area contributed by atoms with Crippen LogP contribution in [0.2, 0.25) is 0 Å². The maximum Gasteiger partial charge on any atom is 0.337 e. The number of quaternary nitrogens is 1. The minimum absolute atomic E-state index is 0.108. The van der Waals surface area contributed by atoms with Gasteiger partial charge in [-0.3, -0.25) is 4.79 Å². The maximum absolute atomic E-state index is 12.2. The Hall–Kier alpha value is -2.66. The first kappa shape index (κ1) is 17.7. The van der Waals surface area contributed by atoms with E-state index in [-0.39, 0.29) is 11.9 Å². The van der Waals surface area contributed by atoms with E-state index in [1.54, 1.807) is 18.2 Å². The third-order valence-corrected chi connectivity index (χ3v) is 3.91. The van der Waals surface area contributed by atoms with Crippen LogP contribution in [0.3, 0.4) is 0 Å². The standard InChI is InChI=1S/C19H22N2O3/c1-13-9-10-16(19(23)24-3)11-17(13)21-18(22)12-20-14(2)15-7-5-4-6-8-15/h4-11,14,20H,12H2,1-3H3,(H,21,22)/p+1/t14-/m1/s1. The number of rotatable bonds is 6. The number of hydrogen-bond acceptors (Lipinski definition) is 3. The molecule has 2 aromatic rings. The summed E-state index contributed by atoms with van der Waals surface area (Å²) >= 11 is 0. The fourth-order valence-electron chi connectivity index (χ4n) is 2.38. The van der Waals surface area contributed by atoms with Crippen molar-refractivity contribution in [1.29, 1.82) is 0 Å². The van der Waals surface area contributed by atoms with Crippen molar-refractivity contribution in [3.8, 4) is 0 Å². The van der Waals surface area contributed by atoms with Gasteiger partial charge in [0.15, 0.2) is 6.54 Å². The highest BCUT2D eigenvalue weighted by atomic mass is 16.5. The molecule has 0 radical (unpaired) electrons. The van der Waals surface area contributed by atoms with Gasteiger partial charge in [-0.25, -0.2) is 4.79 Å². The van der Waals surface area contributed by atoms with Gasteiger partial charge in [-0.1, -0.05) is 36.4 Å². The van der Waals surface area contributed by atoms with E-state index >= 15 is 0 Å². The third kappa shape index (κ3) is 4.67. The topological polar surface area (TPSA) is 72.0 Å². The molecule has 1 atom stereocenters. The maximum atomic E-state index is 12.2. The highest BCUT2D eigenvalue weighted by Crippen LogP contribution is 2.17. The first-order chi connectivity index (χ1) is 11.5. The monoisotopic (exact) mass is 327 g/mol. The van der Waals surface area contributed by atoms with Gasteiger partial charge >= 0.3 is 5.97 Å². The molecule has 2 aromatic carbocycles. The predicted molar refractivity (Wildman–Crippen MR) is 92.8 cm³/mol. The average molecular weight is 327 g/mol. The van der Waals surface area contributed by atoms with Crippen LogP contribution in [0.15, 0.2) is 48.5 Å². The van der Waals surface area contributed by atoms with E-state index in [4.69, 9.17) is 4.74 Å². The lowest BCUT2D eigenvalue weighted by molar-refractivity contribution is -0.682. The highest BCUT2D eigenvalue weighted by molar-refractivity contribution is 5.95. The number of amides is 1. The van der Waals surface area contributed by atoms with E-state index in [0.717, 1.165) is 5.56 Å². The number of nitrogens with two attached hydrogens (primary N) is 1. The molecule has 126 valence electrons. The molecule has 0 aromatic heterocycles. The zero-order valence-electron chi connectivity index (χ0n) is 14.2. The summed E-state index contributed by atoms with van der Waals surface area (Å²) in [6.45, 7) is 4.25. The fraction of sp³-hybridized carbons (Fsp3) is 0.263. The molecule has 0 unspecified atom stereocenters. The molecule has 1 amide bonds. The fourth-order valence-corrected chi connectivity index (χ4v) is 2.38. The molecule has 0 aliphatic rings. The molecule has 2 rings (SSSR count). The summed E-state index contributed by atoms with van der Waals surface area (Å²) in [5.74, 6) is -0.530. The molecular weight excluding hydrogens is 304 g/mol. The van der Waals surface area contributed by atoms with Crippen molar-refractivity contribution in [1.82, 2.24) is 0 Å². The van der Waals surface area contributed by atoms with Gasteiger partial charge in [-0.2, -0.15) is 0 Å². The molecule has 0 heterocycles. The van der Waals surface area contributed by atoms with E-state index in [1.165, 1.54) is 12.7 Å². The number of methoxy groups -OCH3 is 1. The Kier molecular flexibility index (Phi) is 6.09. The van der Waals surface area contributed by atoms with Crippen LogP contribution in [0.4, 0.5) is 5.69 Å². The number of carbonyl (C=O) groups excluding carboxylic acids is 2. The van der Waals surface area contributed by atoms with Crippen LogP contribution in [-0.2, 0) is 9.53 Å².